The zero-order chi connectivity index (χ0) is 15.3. The molecule has 2 aliphatic rings. The molecule has 0 radical (unpaired) electrons. The minimum absolute atomic E-state index is 0.0106. The van der Waals surface area contributed by atoms with Gasteiger partial charge in [0.15, 0.2) is 0 Å². The van der Waals surface area contributed by atoms with Gasteiger partial charge in [-0.3, -0.25) is 19.4 Å². The average molecular weight is 282 g/mol. The summed E-state index contributed by atoms with van der Waals surface area (Å²) in [5.41, 5.74) is -1.90. The minimum Gasteiger partial charge on any atom is -0.324 e. The van der Waals surface area contributed by atoms with E-state index in [2.05, 4.69) is 10.6 Å². The van der Waals surface area contributed by atoms with Crippen LogP contribution in [0.5, 0.6) is 0 Å². The Bertz CT molecular complexity index is 466. The Labute approximate surface area is 116 Å². The molecule has 8 nitrogen and oxygen atoms in total. The van der Waals surface area contributed by atoms with Crippen molar-refractivity contribution in [1.82, 2.24) is 20.4 Å². The van der Waals surface area contributed by atoms with E-state index in [9.17, 15) is 19.2 Å². The molecule has 110 valence electrons. The number of urea groups is 2. The first-order chi connectivity index (χ1) is 9.06. The highest BCUT2D eigenvalue weighted by Gasteiger charge is 2.47. The maximum absolute atomic E-state index is 12.0. The Kier molecular flexibility index (Phi) is 2.99. The quantitative estimate of drug-likeness (QED) is 0.691. The fourth-order valence-electron chi connectivity index (χ4n) is 2.24. The molecular weight excluding hydrogens is 264 g/mol. The summed E-state index contributed by atoms with van der Waals surface area (Å²) in [6.45, 7) is 6.38. The van der Waals surface area contributed by atoms with Gasteiger partial charge in [0.25, 0.3) is 11.8 Å². The Morgan fingerprint density at radius 3 is 1.25 bits per heavy atom. The van der Waals surface area contributed by atoms with Crippen molar-refractivity contribution < 1.29 is 19.2 Å². The minimum atomic E-state index is -0.951. The van der Waals surface area contributed by atoms with Gasteiger partial charge in [-0.2, -0.15) is 0 Å². The number of amides is 6. The molecule has 0 spiro atoms. The van der Waals surface area contributed by atoms with Crippen LogP contribution in [-0.2, 0) is 9.59 Å². The fraction of sp³-hybridized carbons (Fsp3) is 0.667. The number of hydrogen-bond donors (Lipinski definition) is 2. The molecule has 0 aromatic rings. The second kappa shape index (κ2) is 4.19. The zero-order valence-electron chi connectivity index (χ0n) is 11.9. The molecule has 0 saturated carbocycles. The van der Waals surface area contributed by atoms with E-state index in [0.29, 0.717) is 0 Å². The third kappa shape index (κ3) is 2.10. The van der Waals surface area contributed by atoms with Gasteiger partial charge in [-0.15, -0.1) is 0 Å². The highest BCUT2D eigenvalue weighted by molar-refractivity contribution is 6.08. The lowest BCUT2D eigenvalue weighted by Gasteiger charge is -2.19. The van der Waals surface area contributed by atoms with Crippen molar-refractivity contribution in [1.29, 1.82) is 0 Å². The molecule has 0 atom stereocenters. The van der Waals surface area contributed by atoms with E-state index in [1.165, 1.54) is 0 Å². The fourth-order valence-corrected chi connectivity index (χ4v) is 2.24. The summed E-state index contributed by atoms with van der Waals surface area (Å²) in [6.07, 6.45) is 0. The standard InChI is InChI=1S/C12H18N4O4/c1-11(2)7(17)15(9(19)13-11)5-6-16-8(18)12(3,4)14-10(16)20/h5-6H2,1-4H3,(H,13,19)(H,14,20). The topological polar surface area (TPSA) is 98.8 Å². The molecule has 2 aliphatic heterocycles. The van der Waals surface area contributed by atoms with Crippen LogP contribution in [0.4, 0.5) is 9.59 Å². The highest BCUT2D eigenvalue weighted by atomic mass is 16.2. The van der Waals surface area contributed by atoms with Gasteiger partial charge in [0.05, 0.1) is 0 Å². The molecule has 0 bridgehead atoms. The summed E-state index contributed by atoms with van der Waals surface area (Å²) in [5, 5.41) is 5.08. The van der Waals surface area contributed by atoms with Crippen LogP contribution in [0.15, 0.2) is 0 Å². The van der Waals surface area contributed by atoms with E-state index in [-0.39, 0.29) is 24.9 Å². The van der Waals surface area contributed by atoms with Crippen molar-refractivity contribution in [2.24, 2.45) is 0 Å². The third-order valence-corrected chi connectivity index (χ3v) is 3.44. The molecule has 6 amide bonds. The van der Waals surface area contributed by atoms with Crippen LogP contribution >= 0.6 is 0 Å². The molecule has 0 aliphatic carbocycles. The second-order valence-corrected chi connectivity index (χ2v) is 6.02. The first-order valence-electron chi connectivity index (χ1n) is 6.34. The number of nitrogens with one attached hydrogen (secondary N) is 2. The van der Waals surface area contributed by atoms with E-state index in [1.54, 1.807) is 27.7 Å². The summed E-state index contributed by atoms with van der Waals surface area (Å²) in [7, 11) is 0. The van der Waals surface area contributed by atoms with E-state index in [4.69, 9.17) is 0 Å². The molecule has 2 saturated heterocycles. The largest absolute Gasteiger partial charge is 0.325 e. The molecule has 0 aromatic heterocycles. The average Bonchev–Trinajstić information content (AvgIpc) is 2.60. The summed E-state index contributed by atoms with van der Waals surface area (Å²) in [6, 6.07) is -1.02. The number of hydrogen-bond acceptors (Lipinski definition) is 4. The van der Waals surface area contributed by atoms with Crippen molar-refractivity contribution in [3.63, 3.8) is 0 Å². The van der Waals surface area contributed by atoms with Crippen molar-refractivity contribution in [3.05, 3.63) is 0 Å². The first kappa shape index (κ1) is 14.3. The molecule has 2 rings (SSSR count). The Morgan fingerprint density at radius 1 is 0.750 bits per heavy atom. The number of carbonyl (C=O) groups excluding carboxylic acids is 4. The van der Waals surface area contributed by atoms with Crippen molar-refractivity contribution >= 4 is 23.9 Å². The molecule has 2 N–H and O–H groups in total. The Morgan fingerprint density at radius 2 is 1.05 bits per heavy atom. The normalized spacial score (nSPS) is 24.2. The maximum Gasteiger partial charge on any atom is 0.325 e. The van der Waals surface area contributed by atoms with E-state index >= 15 is 0 Å². The first-order valence-corrected chi connectivity index (χ1v) is 6.34. The van der Waals surface area contributed by atoms with Crippen LogP contribution in [0.2, 0.25) is 0 Å². The number of imide groups is 2. The third-order valence-electron chi connectivity index (χ3n) is 3.44. The SMILES string of the molecule is CC1(C)NC(=O)N(CCN2C(=O)NC(C)(C)C2=O)C1=O. The van der Waals surface area contributed by atoms with Gasteiger partial charge in [0.1, 0.15) is 11.1 Å². The van der Waals surface area contributed by atoms with Crippen LogP contribution in [0.25, 0.3) is 0 Å². The molecule has 0 aromatic carbocycles. The van der Waals surface area contributed by atoms with Gasteiger partial charge in [-0.25, -0.2) is 9.59 Å². The summed E-state index contributed by atoms with van der Waals surface area (Å²) >= 11 is 0. The molecule has 0 unspecified atom stereocenters. The summed E-state index contributed by atoms with van der Waals surface area (Å²) in [4.78, 5) is 49.4. The van der Waals surface area contributed by atoms with Crippen molar-refractivity contribution in [3.8, 4) is 0 Å². The summed E-state index contributed by atoms with van der Waals surface area (Å²) in [5.74, 6) is -0.734. The highest BCUT2D eigenvalue weighted by Crippen LogP contribution is 2.19. The van der Waals surface area contributed by atoms with Crippen molar-refractivity contribution in [2.75, 3.05) is 13.1 Å². The van der Waals surface area contributed by atoms with Gasteiger partial charge in [-0.1, -0.05) is 0 Å². The molecule has 20 heavy (non-hydrogen) atoms. The van der Waals surface area contributed by atoms with Crippen LogP contribution in [0, 0.1) is 0 Å². The zero-order valence-corrected chi connectivity index (χ0v) is 11.9. The number of rotatable bonds is 3. The monoisotopic (exact) mass is 282 g/mol. The van der Waals surface area contributed by atoms with Crippen LogP contribution in [0.3, 0.4) is 0 Å². The van der Waals surface area contributed by atoms with Gasteiger partial charge in [0.2, 0.25) is 0 Å². The Hall–Kier alpha value is -2.12. The van der Waals surface area contributed by atoms with Crippen LogP contribution in [-0.4, -0.2) is 57.8 Å². The molecule has 2 fully saturated rings. The lowest BCUT2D eigenvalue weighted by Crippen LogP contribution is -2.44. The van der Waals surface area contributed by atoms with Gasteiger partial charge in [0, 0.05) is 13.1 Å². The molecule has 8 heteroatoms. The van der Waals surface area contributed by atoms with Crippen molar-refractivity contribution in [2.45, 2.75) is 38.8 Å². The predicted octanol–water partition coefficient (Wildman–Crippen LogP) is -0.353. The molecule has 2 heterocycles. The lowest BCUT2D eigenvalue weighted by atomic mass is 10.1. The van der Waals surface area contributed by atoms with Crippen LogP contribution < -0.4 is 10.6 Å². The van der Waals surface area contributed by atoms with Gasteiger partial charge >= 0.3 is 12.1 Å². The van der Waals surface area contributed by atoms with Gasteiger partial charge in [-0.05, 0) is 27.7 Å². The molecular formula is C12H18N4O4. The van der Waals surface area contributed by atoms with Gasteiger partial charge < -0.3 is 10.6 Å². The summed E-state index contributed by atoms with van der Waals surface area (Å²) < 4.78 is 0. The van der Waals surface area contributed by atoms with E-state index in [1.807, 2.05) is 0 Å². The number of carbonyl (C=O) groups is 4. The smallest absolute Gasteiger partial charge is 0.324 e. The van der Waals surface area contributed by atoms with Crippen LogP contribution in [0.1, 0.15) is 27.7 Å². The van der Waals surface area contributed by atoms with E-state index in [0.717, 1.165) is 9.80 Å². The second-order valence-electron chi connectivity index (χ2n) is 6.02. The lowest BCUT2D eigenvalue weighted by molar-refractivity contribution is -0.133. The van der Waals surface area contributed by atoms with E-state index < -0.39 is 23.1 Å². The Balaban J connectivity index is 2.04. The number of nitrogens with zero attached hydrogens (tertiary/aromatic N) is 2. The maximum atomic E-state index is 12.0. The predicted molar refractivity (Wildman–Crippen MR) is 68.6 cm³/mol.